The lowest BCUT2D eigenvalue weighted by Gasteiger charge is -2.08. The van der Waals surface area contributed by atoms with Crippen LogP contribution in [0.4, 0.5) is 0 Å². The summed E-state index contributed by atoms with van der Waals surface area (Å²) in [6, 6.07) is 12.5. The summed E-state index contributed by atoms with van der Waals surface area (Å²) in [7, 11) is 1.60. The van der Waals surface area contributed by atoms with Crippen LogP contribution in [0.15, 0.2) is 47.6 Å². The maximum atomic E-state index is 11.9. The van der Waals surface area contributed by atoms with E-state index in [1.807, 2.05) is 31.2 Å². The molecule has 26 heavy (non-hydrogen) atoms. The molecular weight excluding hydrogens is 375 g/mol. The molecule has 0 saturated heterocycles. The number of methoxy groups -OCH3 is 1. The number of halogens is 2. The first-order valence-electron chi connectivity index (χ1n) is 8.05. The van der Waals surface area contributed by atoms with E-state index in [9.17, 15) is 4.79 Å². The van der Waals surface area contributed by atoms with Gasteiger partial charge in [0.05, 0.1) is 24.5 Å². The zero-order chi connectivity index (χ0) is 18.9. The van der Waals surface area contributed by atoms with E-state index < -0.39 is 0 Å². The molecule has 138 valence electrons. The van der Waals surface area contributed by atoms with Gasteiger partial charge in [0, 0.05) is 17.0 Å². The van der Waals surface area contributed by atoms with Crippen LogP contribution in [0.3, 0.4) is 0 Å². The number of carbonyl (C=O) groups is 1. The van der Waals surface area contributed by atoms with Gasteiger partial charge in [0.1, 0.15) is 11.5 Å². The molecule has 0 aliphatic rings. The average Bonchev–Trinajstić information content (AvgIpc) is 2.64. The summed E-state index contributed by atoms with van der Waals surface area (Å²) in [6.45, 7) is 2.19. The Morgan fingerprint density at radius 1 is 1.19 bits per heavy atom. The van der Waals surface area contributed by atoms with E-state index in [1.54, 1.807) is 25.3 Å². The molecule has 0 aromatic heterocycles. The quantitative estimate of drug-likeness (QED) is 0.400. The normalized spacial score (nSPS) is 11.2. The van der Waals surface area contributed by atoms with Gasteiger partial charge in [-0.15, -0.1) is 0 Å². The second-order valence-corrected chi connectivity index (χ2v) is 6.33. The molecule has 0 spiro atoms. The first kappa shape index (κ1) is 20.1. The van der Waals surface area contributed by atoms with E-state index in [4.69, 9.17) is 32.7 Å². The van der Waals surface area contributed by atoms with Crippen LogP contribution in [-0.2, 0) is 4.79 Å². The predicted octanol–water partition coefficient (Wildman–Crippen LogP) is 4.70. The molecule has 0 bridgehead atoms. The van der Waals surface area contributed by atoms with Gasteiger partial charge >= 0.3 is 0 Å². The molecule has 0 fully saturated rings. The molecule has 5 nitrogen and oxygen atoms in total. The van der Waals surface area contributed by atoms with Crippen molar-refractivity contribution in [3.05, 3.63) is 58.1 Å². The standard InChI is InChI=1S/C19H20Cl2N2O3/c1-13(14-5-3-6-16(11-14)25-2)22-23-19(24)7-4-10-26-18-9-8-15(20)12-17(18)21/h3,5-6,8-9,11-12H,4,7,10H2,1-2H3,(H,23,24). The molecule has 2 aromatic rings. The van der Waals surface area contributed by atoms with Crippen LogP contribution in [0.2, 0.25) is 10.0 Å². The number of amides is 1. The van der Waals surface area contributed by atoms with Crippen LogP contribution in [0.5, 0.6) is 11.5 Å². The zero-order valence-corrected chi connectivity index (χ0v) is 16.1. The fourth-order valence-corrected chi connectivity index (χ4v) is 2.58. The van der Waals surface area contributed by atoms with Gasteiger partial charge in [-0.25, -0.2) is 5.43 Å². The van der Waals surface area contributed by atoms with Crippen LogP contribution in [-0.4, -0.2) is 25.3 Å². The Bertz CT molecular complexity index is 794. The summed E-state index contributed by atoms with van der Waals surface area (Å²) in [5.41, 5.74) is 4.12. The van der Waals surface area contributed by atoms with Crippen molar-refractivity contribution in [3.8, 4) is 11.5 Å². The third-order valence-electron chi connectivity index (χ3n) is 3.54. The van der Waals surface area contributed by atoms with Crippen molar-refractivity contribution < 1.29 is 14.3 Å². The highest BCUT2D eigenvalue weighted by atomic mass is 35.5. The topological polar surface area (TPSA) is 59.9 Å². The Kier molecular flexibility index (Phi) is 7.75. The summed E-state index contributed by atoms with van der Waals surface area (Å²) in [4.78, 5) is 11.9. The van der Waals surface area contributed by atoms with Crippen LogP contribution in [0, 0.1) is 0 Å². The van der Waals surface area contributed by atoms with Crippen LogP contribution in [0.1, 0.15) is 25.3 Å². The lowest BCUT2D eigenvalue weighted by atomic mass is 10.1. The molecule has 2 aromatic carbocycles. The van der Waals surface area contributed by atoms with Crippen molar-refractivity contribution >= 4 is 34.8 Å². The van der Waals surface area contributed by atoms with Crippen LogP contribution in [0.25, 0.3) is 0 Å². The lowest BCUT2D eigenvalue weighted by Crippen LogP contribution is -2.19. The number of hydrogen-bond acceptors (Lipinski definition) is 4. The minimum absolute atomic E-state index is 0.182. The number of benzene rings is 2. The molecule has 0 atom stereocenters. The van der Waals surface area contributed by atoms with E-state index in [0.29, 0.717) is 41.0 Å². The van der Waals surface area contributed by atoms with E-state index in [0.717, 1.165) is 11.3 Å². The number of nitrogens with zero attached hydrogens (tertiary/aromatic N) is 1. The second kappa shape index (κ2) is 10.0. The largest absolute Gasteiger partial charge is 0.497 e. The molecule has 7 heteroatoms. The highest BCUT2D eigenvalue weighted by molar-refractivity contribution is 6.35. The third-order valence-corrected chi connectivity index (χ3v) is 4.07. The Morgan fingerprint density at radius 2 is 2.00 bits per heavy atom. The maximum Gasteiger partial charge on any atom is 0.240 e. The highest BCUT2D eigenvalue weighted by Gasteiger charge is 2.05. The molecule has 0 saturated carbocycles. The van der Waals surface area contributed by atoms with Crippen molar-refractivity contribution in [3.63, 3.8) is 0 Å². The molecular formula is C19H20Cl2N2O3. The summed E-state index contributed by atoms with van der Waals surface area (Å²) in [5.74, 6) is 1.10. The zero-order valence-electron chi connectivity index (χ0n) is 14.6. The van der Waals surface area contributed by atoms with Gasteiger partial charge in [-0.3, -0.25) is 4.79 Å². The fraction of sp³-hybridized carbons (Fsp3) is 0.263. The molecule has 2 rings (SSSR count). The molecule has 0 unspecified atom stereocenters. The number of nitrogens with one attached hydrogen (secondary N) is 1. The van der Waals surface area contributed by atoms with Gasteiger partial charge in [-0.05, 0) is 43.7 Å². The summed E-state index contributed by atoms with van der Waals surface area (Å²) in [6.07, 6.45) is 0.832. The SMILES string of the molecule is COc1cccc(C(C)=NNC(=O)CCCOc2ccc(Cl)cc2Cl)c1. The molecule has 1 N–H and O–H groups in total. The second-order valence-electron chi connectivity index (χ2n) is 5.49. The first-order chi connectivity index (χ1) is 12.5. The van der Waals surface area contributed by atoms with Gasteiger partial charge in [0.2, 0.25) is 5.91 Å². The van der Waals surface area contributed by atoms with Crippen molar-refractivity contribution in [1.29, 1.82) is 0 Å². The lowest BCUT2D eigenvalue weighted by molar-refractivity contribution is -0.121. The van der Waals surface area contributed by atoms with Gasteiger partial charge in [-0.2, -0.15) is 5.10 Å². The van der Waals surface area contributed by atoms with E-state index in [1.165, 1.54) is 0 Å². The average molecular weight is 395 g/mol. The molecule has 0 aliphatic heterocycles. The van der Waals surface area contributed by atoms with Gasteiger partial charge < -0.3 is 9.47 Å². The number of hydrogen-bond donors (Lipinski definition) is 1. The third kappa shape index (κ3) is 6.24. The van der Waals surface area contributed by atoms with Crippen LogP contribution >= 0.6 is 23.2 Å². The van der Waals surface area contributed by atoms with E-state index >= 15 is 0 Å². The van der Waals surface area contributed by atoms with Crippen molar-refractivity contribution in [2.24, 2.45) is 5.10 Å². The Morgan fingerprint density at radius 3 is 2.73 bits per heavy atom. The Hall–Kier alpha value is -2.24. The first-order valence-corrected chi connectivity index (χ1v) is 8.80. The smallest absolute Gasteiger partial charge is 0.240 e. The van der Waals surface area contributed by atoms with Gasteiger partial charge in [0.25, 0.3) is 0 Å². The summed E-state index contributed by atoms with van der Waals surface area (Å²) in [5, 5.41) is 5.11. The molecule has 0 radical (unpaired) electrons. The van der Waals surface area contributed by atoms with Crippen molar-refractivity contribution in [2.75, 3.05) is 13.7 Å². The number of carbonyl (C=O) groups excluding carboxylic acids is 1. The minimum Gasteiger partial charge on any atom is -0.497 e. The summed E-state index contributed by atoms with van der Waals surface area (Å²) < 4.78 is 10.7. The molecule has 0 aliphatic carbocycles. The van der Waals surface area contributed by atoms with E-state index in [-0.39, 0.29) is 5.91 Å². The molecule has 1 amide bonds. The number of hydrazone groups is 1. The fourth-order valence-electron chi connectivity index (χ4n) is 2.12. The van der Waals surface area contributed by atoms with Crippen LogP contribution < -0.4 is 14.9 Å². The van der Waals surface area contributed by atoms with Gasteiger partial charge in [0.15, 0.2) is 0 Å². The Labute approximate surface area is 162 Å². The Balaban J connectivity index is 1.76. The minimum atomic E-state index is -0.182. The molecule has 0 heterocycles. The van der Waals surface area contributed by atoms with Gasteiger partial charge in [-0.1, -0.05) is 35.3 Å². The predicted molar refractivity (Wildman–Crippen MR) is 105 cm³/mol. The van der Waals surface area contributed by atoms with Crippen molar-refractivity contribution in [1.82, 2.24) is 5.43 Å². The van der Waals surface area contributed by atoms with Crippen molar-refractivity contribution in [2.45, 2.75) is 19.8 Å². The summed E-state index contributed by atoms with van der Waals surface area (Å²) >= 11 is 11.8. The number of rotatable bonds is 8. The van der Waals surface area contributed by atoms with E-state index in [2.05, 4.69) is 10.5 Å². The monoisotopic (exact) mass is 394 g/mol. The highest BCUT2D eigenvalue weighted by Crippen LogP contribution is 2.27. The maximum absolute atomic E-state index is 11.9. The number of ether oxygens (including phenoxy) is 2.